The van der Waals surface area contributed by atoms with Crippen LogP contribution in [0.15, 0.2) is 60.8 Å². The van der Waals surface area contributed by atoms with E-state index < -0.39 is 40.8 Å². The van der Waals surface area contributed by atoms with Crippen molar-refractivity contribution in [3.63, 3.8) is 0 Å². The summed E-state index contributed by atoms with van der Waals surface area (Å²) < 4.78 is 79.7. The fourth-order valence-corrected chi connectivity index (χ4v) is 2.51. The third-order valence-electron chi connectivity index (χ3n) is 3.79. The lowest BCUT2D eigenvalue weighted by Gasteiger charge is -2.14. The molecule has 3 rings (SSSR count). The Morgan fingerprint density at radius 2 is 1.59 bits per heavy atom. The number of nitrogens with one attached hydrogen (secondary N) is 2. The van der Waals surface area contributed by atoms with Crippen LogP contribution in [0.25, 0.3) is 5.69 Å². The molecule has 1 amide bonds. The van der Waals surface area contributed by atoms with Crippen LogP contribution < -0.4 is 10.9 Å². The third kappa shape index (κ3) is 4.50. The lowest BCUT2D eigenvalue weighted by atomic mass is 10.1. The first-order valence-electron chi connectivity index (χ1n) is 8.01. The number of carbonyl (C=O) groups excluding carboxylic acids is 1. The summed E-state index contributed by atoms with van der Waals surface area (Å²) in [4.78, 5) is 12.2. The third-order valence-corrected chi connectivity index (χ3v) is 3.79. The number of benzene rings is 2. The van der Waals surface area contributed by atoms with E-state index in [9.17, 15) is 31.1 Å². The number of aromatic nitrogens is 2. The van der Waals surface area contributed by atoms with E-state index in [1.807, 2.05) is 0 Å². The zero-order chi connectivity index (χ0) is 21.2. The summed E-state index contributed by atoms with van der Waals surface area (Å²) in [5, 5.41) is 3.49. The normalized spacial score (nSPS) is 11.9. The van der Waals surface area contributed by atoms with E-state index in [1.165, 1.54) is 0 Å². The summed E-state index contributed by atoms with van der Waals surface area (Å²) in [6, 6.07) is 11.3. The molecule has 0 radical (unpaired) electrons. The number of alkyl halides is 6. The largest absolute Gasteiger partial charge is 0.434 e. The van der Waals surface area contributed by atoms with Gasteiger partial charge in [-0.15, -0.1) is 0 Å². The van der Waals surface area contributed by atoms with E-state index in [4.69, 9.17) is 0 Å². The van der Waals surface area contributed by atoms with Gasteiger partial charge in [0.1, 0.15) is 0 Å². The van der Waals surface area contributed by atoms with E-state index in [2.05, 4.69) is 16.0 Å². The number of para-hydroxylation sites is 1. The number of rotatable bonds is 4. The van der Waals surface area contributed by atoms with Crippen molar-refractivity contribution >= 4 is 11.6 Å². The van der Waals surface area contributed by atoms with Gasteiger partial charge < -0.3 is 0 Å². The average Bonchev–Trinajstić information content (AvgIpc) is 3.12. The van der Waals surface area contributed by atoms with E-state index in [-0.39, 0.29) is 4.68 Å². The summed E-state index contributed by atoms with van der Waals surface area (Å²) >= 11 is 0. The average molecular weight is 414 g/mol. The Morgan fingerprint density at radius 1 is 0.897 bits per heavy atom. The van der Waals surface area contributed by atoms with E-state index in [1.54, 1.807) is 30.3 Å². The van der Waals surface area contributed by atoms with Crippen molar-refractivity contribution in [3.8, 4) is 5.69 Å². The summed E-state index contributed by atoms with van der Waals surface area (Å²) in [6.45, 7) is 0. The molecule has 1 heterocycles. The van der Waals surface area contributed by atoms with Crippen LogP contribution in [-0.2, 0) is 12.4 Å². The maximum Gasteiger partial charge on any atom is 0.434 e. The highest BCUT2D eigenvalue weighted by molar-refractivity contribution is 5.96. The minimum Gasteiger partial charge on any atom is -0.298 e. The number of hydrogen-bond donors (Lipinski definition) is 2. The summed E-state index contributed by atoms with van der Waals surface area (Å²) in [5.74, 6) is -1.15. The molecule has 2 N–H and O–H groups in total. The molecule has 0 saturated carbocycles. The Morgan fingerprint density at radius 3 is 2.21 bits per heavy atom. The monoisotopic (exact) mass is 414 g/mol. The van der Waals surface area contributed by atoms with Gasteiger partial charge in [-0.05, 0) is 30.3 Å². The maximum atomic E-state index is 13.6. The van der Waals surface area contributed by atoms with E-state index in [0.29, 0.717) is 18.0 Å². The molecule has 3 aromatic rings. The molecule has 0 saturated heterocycles. The molecule has 0 aliphatic heterocycles. The highest BCUT2D eigenvalue weighted by atomic mass is 19.4. The van der Waals surface area contributed by atoms with Crippen molar-refractivity contribution in [1.82, 2.24) is 15.2 Å². The van der Waals surface area contributed by atoms with Gasteiger partial charge in [0, 0.05) is 0 Å². The zero-order valence-corrected chi connectivity index (χ0v) is 14.3. The number of anilines is 1. The van der Waals surface area contributed by atoms with Crippen molar-refractivity contribution in [2.45, 2.75) is 12.4 Å². The molecule has 0 bridgehead atoms. The molecule has 0 aliphatic carbocycles. The zero-order valence-electron chi connectivity index (χ0n) is 14.3. The molecule has 29 heavy (non-hydrogen) atoms. The van der Waals surface area contributed by atoms with Gasteiger partial charge in [0.2, 0.25) is 0 Å². The van der Waals surface area contributed by atoms with Gasteiger partial charge in [-0.25, -0.2) is 4.68 Å². The molecule has 0 fully saturated rings. The number of halogens is 6. The van der Waals surface area contributed by atoms with Crippen molar-refractivity contribution < 1.29 is 31.1 Å². The van der Waals surface area contributed by atoms with Crippen LogP contribution in [0.5, 0.6) is 0 Å². The molecule has 0 aliphatic rings. The lowest BCUT2D eigenvalue weighted by Crippen LogP contribution is -2.31. The standard InChI is InChI=1S/C18H12F6N4O/c19-17(20,21)11-5-4-8-13(9-11)28-15(18(22,23)24)14(10-25-28)16(29)27-26-12-6-2-1-3-7-12/h1-10,26H,(H,27,29). The van der Waals surface area contributed by atoms with Crippen LogP contribution in [0, 0.1) is 0 Å². The predicted octanol–water partition coefficient (Wildman–Crippen LogP) is 4.67. The molecule has 5 nitrogen and oxygen atoms in total. The smallest absolute Gasteiger partial charge is 0.298 e. The van der Waals surface area contributed by atoms with Crippen molar-refractivity contribution in [2.75, 3.05) is 5.43 Å². The number of amides is 1. The Hall–Kier alpha value is -3.50. The van der Waals surface area contributed by atoms with Crippen LogP contribution in [0.2, 0.25) is 0 Å². The number of carbonyl (C=O) groups is 1. The van der Waals surface area contributed by atoms with Crippen molar-refractivity contribution in [3.05, 3.63) is 77.6 Å². The van der Waals surface area contributed by atoms with Crippen LogP contribution in [0.4, 0.5) is 32.0 Å². The molecule has 11 heteroatoms. The quantitative estimate of drug-likeness (QED) is 0.482. The topological polar surface area (TPSA) is 59.0 Å². The summed E-state index contributed by atoms with van der Waals surface area (Å²) in [5.41, 5.74) is 0.997. The minimum atomic E-state index is -5.05. The van der Waals surface area contributed by atoms with Gasteiger partial charge in [0.15, 0.2) is 5.69 Å². The molecule has 0 atom stereocenters. The molecule has 152 valence electrons. The van der Waals surface area contributed by atoms with E-state index in [0.717, 1.165) is 18.2 Å². The maximum absolute atomic E-state index is 13.6. The SMILES string of the molecule is O=C(NNc1ccccc1)c1cnn(-c2cccc(C(F)(F)F)c2)c1C(F)(F)F. The van der Waals surface area contributed by atoms with Gasteiger partial charge >= 0.3 is 12.4 Å². The Balaban J connectivity index is 1.97. The van der Waals surface area contributed by atoms with Gasteiger partial charge in [-0.3, -0.25) is 15.6 Å². The van der Waals surface area contributed by atoms with Crippen LogP contribution in [-0.4, -0.2) is 15.7 Å². The van der Waals surface area contributed by atoms with Gasteiger partial charge in [0.05, 0.1) is 28.7 Å². The first-order valence-corrected chi connectivity index (χ1v) is 8.01. The Labute approximate surface area is 159 Å². The predicted molar refractivity (Wildman–Crippen MR) is 91.1 cm³/mol. The first kappa shape index (κ1) is 20.2. The highest BCUT2D eigenvalue weighted by Gasteiger charge is 2.41. The fourth-order valence-electron chi connectivity index (χ4n) is 2.51. The molecular formula is C18H12F6N4O. The van der Waals surface area contributed by atoms with Gasteiger partial charge in [-0.1, -0.05) is 24.3 Å². The molecule has 0 unspecified atom stereocenters. The molecule has 0 spiro atoms. The van der Waals surface area contributed by atoms with Crippen molar-refractivity contribution in [1.29, 1.82) is 0 Å². The Bertz CT molecular complexity index is 1010. The number of hydrazine groups is 1. The lowest BCUT2D eigenvalue weighted by molar-refractivity contribution is -0.143. The van der Waals surface area contributed by atoms with Crippen LogP contribution >= 0.6 is 0 Å². The number of hydrogen-bond acceptors (Lipinski definition) is 3. The van der Waals surface area contributed by atoms with Crippen molar-refractivity contribution in [2.24, 2.45) is 0 Å². The van der Waals surface area contributed by atoms with Crippen LogP contribution in [0.3, 0.4) is 0 Å². The molecular weight excluding hydrogens is 402 g/mol. The summed E-state index contributed by atoms with van der Waals surface area (Å²) in [7, 11) is 0. The summed E-state index contributed by atoms with van der Waals surface area (Å²) in [6.07, 6.45) is -9.16. The fraction of sp³-hybridized carbons (Fsp3) is 0.111. The molecule has 1 aromatic heterocycles. The second-order valence-corrected chi connectivity index (χ2v) is 5.81. The highest BCUT2D eigenvalue weighted by Crippen LogP contribution is 2.35. The molecule has 2 aromatic carbocycles. The second-order valence-electron chi connectivity index (χ2n) is 5.81. The van der Waals surface area contributed by atoms with Gasteiger partial charge in [-0.2, -0.15) is 31.4 Å². The Kier molecular flexibility index (Phi) is 5.23. The minimum absolute atomic E-state index is 0.257. The van der Waals surface area contributed by atoms with Crippen LogP contribution in [0.1, 0.15) is 21.6 Å². The van der Waals surface area contributed by atoms with Gasteiger partial charge in [0.25, 0.3) is 5.91 Å². The first-order chi connectivity index (χ1) is 13.6. The van der Waals surface area contributed by atoms with E-state index >= 15 is 0 Å². The second kappa shape index (κ2) is 7.49. The number of nitrogens with zero attached hydrogens (tertiary/aromatic N) is 2.